The topological polar surface area (TPSA) is 58.3 Å². The van der Waals surface area contributed by atoms with Crippen molar-refractivity contribution in [2.75, 3.05) is 18.8 Å². The molecule has 4 N–H and O–H groups in total. The molecule has 0 bridgehead atoms. The van der Waals surface area contributed by atoms with Crippen molar-refractivity contribution in [1.29, 1.82) is 0 Å². The zero-order valence-electron chi connectivity index (χ0n) is 10.4. The Hall–Kier alpha value is -0.550. The highest BCUT2D eigenvalue weighted by atomic mass is 35.5. The van der Waals surface area contributed by atoms with Crippen LogP contribution in [0.3, 0.4) is 0 Å². The summed E-state index contributed by atoms with van der Waals surface area (Å²) in [4.78, 5) is 0. The van der Waals surface area contributed by atoms with Crippen molar-refractivity contribution in [2.45, 2.75) is 25.9 Å². The van der Waals surface area contributed by atoms with Crippen molar-refractivity contribution in [3.05, 3.63) is 29.6 Å². The van der Waals surface area contributed by atoms with E-state index < -0.39 is 11.9 Å². The molecule has 1 aromatic rings. The van der Waals surface area contributed by atoms with Gasteiger partial charge in [-0.25, -0.2) is 4.39 Å². The molecule has 18 heavy (non-hydrogen) atoms. The number of anilines is 1. The summed E-state index contributed by atoms with van der Waals surface area (Å²) in [6, 6.07) is 4.68. The summed E-state index contributed by atoms with van der Waals surface area (Å²) in [5, 5.41) is 12.8. The average Bonchev–Trinajstić information content (AvgIpc) is 2.28. The van der Waals surface area contributed by atoms with Crippen molar-refractivity contribution >= 4 is 30.5 Å². The van der Waals surface area contributed by atoms with Crippen LogP contribution in [0.4, 0.5) is 10.1 Å². The Morgan fingerprint density at radius 3 is 2.67 bits per heavy atom. The molecule has 0 radical (unpaired) electrons. The van der Waals surface area contributed by atoms with Gasteiger partial charge in [0.25, 0.3) is 0 Å². The predicted molar refractivity (Wildman–Crippen MR) is 78.0 cm³/mol. The van der Waals surface area contributed by atoms with Crippen molar-refractivity contribution in [3.8, 4) is 0 Å². The van der Waals surface area contributed by atoms with Gasteiger partial charge in [0.15, 0.2) is 5.82 Å². The minimum atomic E-state index is -0.847. The summed E-state index contributed by atoms with van der Waals surface area (Å²) in [7, 11) is 0. The van der Waals surface area contributed by atoms with Crippen molar-refractivity contribution in [3.63, 3.8) is 0 Å². The largest absolute Gasteiger partial charge is 0.396 e. The molecule has 0 aliphatic rings. The molecule has 1 aromatic carbocycles. The zero-order valence-corrected chi connectivity index (χ0v) is 12.0. The first-order chi connectivity index (χ1) is 7.66. The number of nitrogens with two attached hydrogens (primary N) is 1. The molecule has 0 fully saturated rings. The third-order valence-corrected chi connectivity index (χ3v) is 2.46. The molecule has 0 aromatic heterocycles. The Bertz CT molecular complexity index is 340. The van der Waals surface area contributed by atoms with Gasteiger partial charge in [0.05, 0.1) is 11.8 Å². The van der Waals surface area contributed by atoms with Crippen LogP contribution in [-0.4, -0.2) is 18.2 Å². The lowest BCUT2D eigenvalue weighted by atomic mass is 10.1. The minimum Gasteiger partial charge on any atom is -0.396 e. The van der Waals surface area contributed by atoms with E-state index in [0.717, 1.165) is 19.4 Å². The minimum absolute atomic E-state index is 0. The molecule has 1 unspecified atom stereocenters. The van der Waals surface area contributed by atoms with Crippen LogP contribution in [0.25, 0.3) is 0 Å². The molecule has 0 saturated carbocycles. The van der Waals surface area contributed by atoms with Crippen LogP contribution in [0, 0.1) is 5.82 Å². The molecule has 0 saturated heterocycles. The summed E-state index contributed by atoms with van der Waals surface area (Å²) in [6.45, 7) is 3.27. The van der Waals surface area contributed by atoms with Crippen LogP contribution in [0.1, 0.15) is 31.4 Å². The molecule has 106 valence electrons. The molecule has 0 aliphatic carbocycles. The van der Waals surface area contributed by atoms with Crippen molar-refractivity contribution in [1.82, 2.24) is 5.32 Å². The van der Waals surface area contributed by atoms with E-state index in [1.807, 2.05) is 0 Å². The number of nitrogens with one attached hydrogen (secondary N) is 1. The maximum Gasteiger partial charge on any atom is 0.151 e. The number of hydrogen-bond donors (Lipinski definition) is 3. The van der Waals surface area contributed by atoms with Gasteiger partial charge >= 0.3 is 0 Å². The summed E-state index contributed by atoms with van der Waals surface area (Å²) >= 11 is 0. The van der Waals surface area contributed by atoms with E-state index >= 15 is 0 Å². The highest BCUT2D eigenvalue weighted by Crippen LogP contribution is 2.20. The van der Waals surface area contributed by atoms with Crippen LogP contribution in [0.15, 0.2) is 18.2 Å². The highest BCUT2D eigenvalue weighted by Gasteiger charge is 2.13. The maximum atomic E-state index is 13.5. The maximum absolute atomic E-state index is 13.5. The van der Waals surface area contributed by atoms with Crippen molar-refractivity contribution in [2.24, 2.45) is 0 Å². The van der Waals surface area contributed by atoms with E-state index in [2.05, 4.69) is 12.2 Å². The fourth-order valence-corrected chi connectivity index (χ4v) is 1.48. The molecule has 0 aliphatic heterocycles. The van der Waals surface area contributed by atoms with E-state index in [1.54, 1.807) is 12.1 Å². The summed E-state index contributed by atoms with van der Waals surface area (Å²) in [5.41, 5.74) is 5.76. The first kappa shape index (κ1) is 19.8. The Balaban J connectivity index is 0. The number of benzene rings is 1. The van der Waals surface area contributed by atoms with Gasteiger partial charge in [-0.05, 0) is 19.0 Å². The van der Waals surface area contributed by atoms with Gasteiger partial charge in [-0.1, -0.05) is 25.5 Å². The van der Waals surface area contributed by atoms with E-state index in [9.17, 15) is 9.50 Å². The average molecular weight is 299 g/mol. The molecule has 1 atom stereocenters. The van der Waals surface area contributed by atoms with Crippen LogP contribution < -0.4 is 11.1 Å². The Morgan fingerprint density at radius 1 is 1.39 bits per heavy atom. The van der Waals surface area contributed by atoms with Gasteiger partial charge in [-0.3, -0.25) is 0 Å². The van der Waals surface area contributed by atoms with Gasteiger partial charge in [-0.15, -0.1) is 24.8 Å². The lowest BCUT2D eigenvalue weighted by Crippen LogP contribution is -2.23. The Morgan fingerprint density at radius 2 is 2.06 bits per heavy atom. The number of halogens is 3. The summed E-state index contributed by atoms with van der Waals surface area (Å²) < 4.78 is 13.5. The predicted octanol–water partition coefficient (Wildman–Crippen LogP) is 2.67. The highest BCUT2D eigenvalue weighted by molar-refractivity contribution is 5.85. The van der Waals surface area contributed by atoms with Crippen LogP contribution in [0.2, 0.25) is 0 Å². The second kappa shape index (κ2) is 10.4. The van der Waals surface area contributed by atoms with Gasteiger partial charge < -0.3 is 16.2 Å². The van der Waals surface area contributed by atoms with Crippen LogP contribution >= 0.6 is 24.8 Å². The third-order valence-electron chi connectivity index (χ3n) is 2.46. The van der Waals surface area contributed by atoms with Gasteiger partial charge in [-0.2, -0.15) is 0 Å². The smallest absolute Gasteiger partial charge is 0.151 e. The standard InChI is InChI=1S/C12H19FN2O.2ClH/c1-2-3-7-15-8-11(16)9-5-4-6-10(14)12(9)13;;/h4-6,11,15-16H,2-3,7-8,14H2,1H3;2*1H. The number of aliphatic hydroxyl groups excluding tert-OH is 1. The van der Waals surface area contributed by atoms with E-state index in [0.29, 0.717) is 6.54 Å². The SMILES string of the molecule is CCCCNCC(O)c1cccc(N)c1F.Cl.Cl. The number of hydrogen-bond acceptors (Lipinski definition) is 3. The number of unbranched alkanes of at least 4 members (excludes halogenated alkanes) is 1. The molecule has 6 heteroatoms. The molecular weight excluding hydrogens is 278 g/mol. The van der Waals surface area contributed by atoms with Gasteiger partial charge in [0.1, 0.15) is 0 Å². The Labute approximate surface area is 120 Å². The lowest BCUT2D eigenvalue weighted by molar-refractivity contribution is 0.170. The number of rotatable bonds is 6. The molecule has 3 nitrogen and oxygen atoms in total. The monoisotopic (exact) mass is 298 g/mol. The molecule has 0 heterocycles. The zero-order chi connectivity index (χ0) is 12.0. The van der Waals surface area contributed by atoms with Gasteiger partial charge in [0.2, 0.25) is 0 Å². The number of nitrogen functional groups attached to an aromatic ring is 1. The summed E-state index contributed by atoms with van der Waals surface area (Å²) in [5.74, 6) is -0.521. The first-order valence-corrected chi connectivity index (χ1v) is 5.59. The lowest BCUT2D eigenvalue weighted by Gasteiger charge is -2.13. The summed E-state index contributed by atoms with van der Waals surface area (Å²) in [6.07, 6.45) is 1.29. The molecular formula is C12H21Cl2FN2O. The second-order valence-corrected chi connectivity index (χ2v) is 3.82. The fourth-order valence-electron chi connectivity index (χ4n) is 1.48. The normalized spacial score (nSPS) is 11.3. The van der Waals surface area contributed by atoms with E-state index in [1.165, 1.54) is 6.07 Å². The van der Waals surface area contributed by atoms with Crippen LogP contribution in [0.5, 0.6) is 0 Å². The molecule has 1 rings (SSSR count). The fraction of sp³-hybridized carbons (Fsp3) is 0.500. The Kier molecular flexibility index (Phi) is 11.4. The number of aliphatic hydroxyl groups is 1. The molecule has 0 amide bonds. The third kappa shape index (κ3) is 5.87. The quantitative estimate of drug-likeness (QED) is 0.559. The second-order valence-electron chi connectivity index (χ2n) is 3.82. The first-order valence-electron chi connectivity index (χ1n) is 5.59. The van der Waals surface area contributed by atoms with Crippen molar-refractivity contribution < 1.29 is 9.50 Å². The van der Waals surface area contributed by atoms with Crippen LogP contribution in [-0.2, 0) is 0 Å². The van der Waals surface area contributed by atoms with Gasteiger partial charge in [0, 0.05) is 12.1 Å². The molecule has 0 spiro atoms. The van der Waals surface area contributed by atoms with E-state index in [4.69, 9.17) is 5.73 Å². The van der Waals surface area contributed by atoms with E-state index in [-0.39, 0.29) is 36.1 Å².